The predicted octanol–water partition coefficient (Wildman–Crippen LogP) is 3.82. The lowest BCUT2D eigenvalue weighted by Gasteiger charge is -2.19. The van der Waals surface area contributed by atoms with Gasteiger partial charge in [-0.25, -0.2) is 0 Å². The van der Waals surface area contributed by atoms with Crippen LogP contribution in [0.25, 0.3) is 0 Å². The molecule has 3 rings (SSSR count). The maximum atomic E-state index is 12.6. The maximum Gasteiger partial charge on any atom is 0.387 e. The largest absolute Gasteiger partial charge is 0.435 e. The molecule has 154 valence electrons. The van der Waals surface area contributed by atoms with E-state index in [1.807, 2.05) is 38.1 Å². The van der Waals surface area contributed by atoms with Crippen LogP contribution in [0.15, 0.2) is 48.5 Å². The minimum atomic E-state index is -2.87. The van der Waals surface area contributed by atoms with Gasteiger partial charge in [0.05, 0.1) is 12.0 Å². The van der Waals surface area contributed by atoms with Crippen LogP contribution < -0.4 is 10.1 Å². The van der Waals surface area contributed by atoms with Gasteiger partial charge in [0.2, 0.25) is 11.8 Å². The van der Waals surface area contributed by atoms with E-state index < -0.39 is 12.5 Å². The second-order valence-corrected chi connectivity index (χ2v) is 7.34. The van der Waals surface area contributed by atoms with Crippen molar-refractivity contribution in [2.75, 3.05) is 6.54 Å². The molecule has 0 saturated carbocycles. The van der Waals surface area contributed by atoms with Gasteiger partial charge in [0.15, 0.2) is 0 Å². The normalized spacial score (nSPS) is 17.5. The number of amides is 2. The molecule has 1 fully saturated rings. The monoisotopic (exact) mass is 402 g/mol. The van der Waals surface area contributed by atoms with Crippen molar-refractivity contribution in [2.24, 2.45) is 5.92 Å². The molecule has 7 heteroatoms. The molecule has 1 aliphatic heterocycles. The average molecular weight is 402 g/mol. The van der Waals surface area contributed by atoms with Gasteiger partial charge < -0.3 is 15.0 Å². The van der Waals surface area contributed by atoms with Crippen molar-refractivity contribution in [3.05, 3.63) is 65.2 Å². The number of aryl methyl sites for hydroxylation is 1. The molecule has 2 unspecified atom stereocenters. The Labute approximate surface area is 168 Å². The van der Waals surface area contributed by atoms with Crippen molar-refractivity contribution in [2.45, 2.75) is 39.5 Å². The van der Waals surface area contributed by atoms with Crippen molar-refractivity contribution in [1.29, 1.82) is 0 Å². The van der Waals surface area contributed by atoms with E-state index in [2.05, 4.69) is 10.1 Å². The second-order valence-electron chi connectivity index (χ2n) is 7.34. The van der Waals surface area contributed by atoms with Crippen LogP contribution in [0.3, 0.4) is 0 Å². The number of halogens is 2. The fourth-order valence-corrected chi connectivity index (χ4v) is 3.37. The van der Waals surface area contributed by atoms with E-state index in [4.69, 9.17) is 0 Å². The van der Waals surface area contributed by atoms with E-state index in [1.54, 1.807) is 17.0 Å². The first-order chi connectivity index (χ1) is 13.8. The van der Waals surface area contributed by atoms with Crippen LogP contribution in [0.1, 0.15) is 36.1 Å². The Bertz CT molecular complexity index is 853. The maximum absolute atomic E-state index is 12.6. The summed E-state index contributed by atoms with van der Waals surface area (Å²) in [4.78, 5) is 26.6. The fourth-order valence-electron chi connectivity index (χ4n) is 3.37. The minimum Gasteiger partial charge on any atom is -0.435 e. The summed E-state index contributed by atoms with van der Waals surface area (Å²) in [7, 11) is 0. The quantitative estimate of drug-likeness (QED) is 0.766. The lowest BCUT2D eigenvalue weighted by atomic mass is 10.0. The SMILES string of the molecule is Cc1ccc(CN2CC(C(=O)NC(C)c3ccc(OC(F)F)cc3)CC2=O)cc1. The average Bonchev–Trinajstić information content (AvgIpc) is 3.04. The zero-order chi connectivity index (χ0) is 21.0. The zero-order valence-electron chi connectivity index (χ0n) is 16.4. The molecule has 0 aliphatic carbocycles. The molecule has 2 amide bonds. The number of nitrogens with one attached hydrogen (secondary N) is 1. The molecular formula is C22H24F2N2O3. The van der Waals surface area contributed by atoms with E-state index in [9.17, 15) is 18.4 Å². The third-order valence-corrected chi connectivity index (χ3v) is 5.04. The van der Waals surface area contributed by atoms with Crippen molar-refractivity contribution >= 4 is 11.8 Å². The first kappa shape index (κ1) is 20.8. The summed E-state index contributed by atoms with van der Waals surface area (Å²) in [6.45, 7) is 1.81. The fraction of sp³-hybridized carbons (Fsp3) is 0.364. The van der Waals surface area contributed by atoms with Crippen LogP contribution in [0.2, 0.25) is 0 Å². The highest BCUT2D eigenvalue weighted by atomic mass is 19.3. The van der Waals surface area contributed by atoms with Gasteiger partial charge in [-0.2, -0.15) is 8.78 Å². The number of nitrogens with zero attached hydrogens (tertiary/aromatic N) is 1. The number of hydrogen-bond donors (Lipinski definition) is 1. The van der Waals surface area contributed by atoms with Gasteiger partial charge in [-0.1, -0.05) is 42.0 Å². The van der Waals surface area contributed by atoms with Gasteiger partial charge in [-0.15, -0.1) is 0 Å². The number of carbonyl (C=O) groups excluding carboxylic acids is 2. The highest BCUT2D eigenvalue weighted by Crippen LogP contribution is 2.23. The third-order valence-electron chi connectivity index (χ3n) is 5.04. The van der Waals surface area contributed by atoms with Gasteiger partial charge >= 0.3 is 6.61 Å². The van der Waals surface area contributed by atoms with Crippen molar-refractivity contribution in [3.63, 3.8) is 0 Å². The number of rotatable bonds is 7. The Morgan fingerprint density at radius 1 is 1.17 bits per heavy atom. The Hall–Kier alpha value is -2.96. The van der Waals surface area contributed by atoms with Crippen LogP contribution in [-0.4, -0.2) is 29.9 Å². The summed E-state index contributed by atoms with van der Waals surface area (Å²) in [5.74, 6) is -0.565. The van der Waals surface area contributed by atoms with Crippen molar-refractivity contribution < 1.29 is 23.1 Å². The van der Waals surface area contributed by atoms with Crippen LogP contribution >= 0.6 is 0 Å². The van der Waals surface area contributed by atoms with E-state index in [1.165, 1.54) is 12.1 Å². The Morgan fingerprint density at radius 3 is 2.45 bits per heavy atom. The number of alkyl halides is 2. The standard InChI is InChI=1S/C22H24F2N2O3/c1-14-3-5-16(6-4-14)12-26-13-18(11-20(26)27)21(28)25-15(2)17-7-9-19(10-8-17)29-22(23)24/h3-10,15,18,22H,11-13H2,1-2H3,(H,25,28). The van der Waals surface area contributed by atoms with Crippen LogP contribution in [0.4, 0.5) is 8.78 Å². The number of likely N-dealkylation sites (tertiary alicyclic amines) is 1. The predicted molar refractivity (Wildman–Crippen MR) is 104 cm³/mol. The molecule has 1 N–H and O–H groups in total. The molecule has 1 saturated heterocycles. The number of ether oxygens (including phenoxy) is 1. The van der Waals surface area contributed by atoms with E-state index in [-0.39, 0.29) is 30.0 Å². The molecule has 1 heterocycles. The van der Waals surface area contributed by atoms with Gasteiger partial charge in [0.1, 0.15) is 5.75 Å². The van der Waals surface area contributed by atoms with Gasteiger partial charge in [-0.3, -0.25) is 9.59 Å². The molecule has 0 spiro atoms. The molecule has 2 aromatic carbocycles. The van der Waals surface area contributed by atoms with E-state index >= 15 is 0 Å². The van der Waals surface area contributed by atoms with E-state index in [0.29, 0.717) is 13.1 Å². The highest BCUT2D eigenvalue weighted by Gasteiger charge is 2.34. The topological polar surface area (TPSA) is 58.6 Å². The van der Waals surface area contributed by atoms with Crippen LogP contribution in [-0.2, 0) is 16.1 Å². The highest BCUT2D eigenvalue weighted by molar-refractivity contribution is 5.89. The Morgan fingerprint density at radius 2 is 1.83 bits per heavy atom. The van der Waals surface area contributed by atoms with Gasteiger partial charge in [-0.05, 0) is 37.1 Å². The Balaban J connectivity index is 1.55. The zero-order valence-corrected chi connectivity index (χ0v) is 16.4. The van der Waals surface area contributed by atoms with E-state index in [0.717, 1.165) is 16.7 Å². The summed E-state index contributed by atoms with van der Waals surface area (Å²) >= 11 is 0. The summed E-state index contributed by atoms with van der Waals surface area (Å²) in [6, 6.07) is 13.8. The lowest BCUT2D eigenvalue weighted by molar-refractivity contribution is -0.129. The summed E-state index contributed by atoms with van der Waals surface area (Å²) in [6.07, 6.45) is 0.186. The minimum absolute atomic E-state index is 0.0353. The molecule has 0 aromatic heterocycles. The lowest BCUT2D eigenvalue weighted by Crippen LogP contribution is -2.34. The van der Waals surface area contributed by atoms with Crippen molar-refractivity contribution in [3.8, 4) is 5.75 Å². The molecule has 2 aromatic rings. The first-order valence-corrected chi connectivity index (χ1v) is 9.50. The van der Waals surface area contributed by atoms with Gasteiger partial charge in [0.25, 0.3) is 0 Å². The third kappa shape index (κ3) is 5.53. The van der Waals surface area contributed by atoms with Crippen LogP contribution in [0.5, 0.6) is 5.75 Å². The number of hydrogen-bond acceptors (Lipinski definition) is 3. The van der Waals surface area contributed by atoms with Crippen molar-refractivity contribution in [1.82, 2.24) is 10.2 Å². The molecule has 1 aliphatic rings. The summed E-state index contributed by atoms with van der Waals surface area (Å²) < 4.78 is 28.8. The smallest absolute Gasteiger partial charge is 0.387 e. The molecule has 0 radical (unpaired) electrons. The first-order valence-electron chi connectivity index (χ1n) is 9.50. The number of carbonyl (C=O) groups is 2. The molecule has 0 bridgehead atoms. The molecule has 29 heavy (non-hydrogen) atoms. The number of benzene rings is 2. The van der Waals surface area contributed by atoms with Gasteiger partial charge in [0, 0.05) is 19.5 Å². The molecule has 5 nitrogen and oxygen atoms in total. The van der Waals surface area contributed by atoms with Crippen LogP contribution in [0, 0.1) is 12.8 Å². The summed E-state index contributed by atoms with van der Waals surface area (Å²) in [5.41, 5.74) is 2.95. The Kier molecular flexibility index (Phi) is 6.46. The molecule has 2 atom stereocenters. The molecular weight excluding hydrogens is 378 g/mol. The second kappa shape index (κ2) is 9.03. The summed E-state index contributed by atoms with van der Waals surface area (Å²) in [5, 5.41) is 2.90.